The zero-order valence-corrected chi connectivity index (χ0v) is 20.7. The molecule has 0 unspecified atom stereocenters. The van der Waals surface area contributed by atoms with Crippen molar-refractivity contribution in [3.8, 4) is 0 Å². The molecule has 2 aromatic rings. The number of nitrogens with zero attached hydrogens (tertiary/aromatic N) is 3. The fourth-order valence-electron chi connectivity index (χ4n) is 4.70. The van der Waals surface area contributed by atoms with Gasteiger partial charge in [-0.15, -0.1) is 0 Å². The first kappa shape index (κ1) is 24.9. The molecule has 2 aliphatic rings. The van der Waals surface area contributed by atoms with Gasteiger partial charge in [-0.1, -0.05) is 48.0 Å². The monoisotopic (exact) mass is 496 g/mol. The normalized spacial score (nSPS) is 19.8. The zero-order chi connectivity index (χ0) is 25.0. The number of amides is 2. The predicted octanol–water partition coefficient (Wildman–Crippen LogP) is 2.25. The van der Waals surface area contributed by atoms with E-state index in [-0.39, 0.29) is 17.4 Å². The average molecular weight is 497 g/mol. The number of hydrogen-bond donors (Lipinski definition) is 1. The second kappa shape index (κ2) is 10.6. The maximum Gasteiger partial charge on any atom is 0.264 e. The first-order valence-corrected chi connectivity index (χ1v) is 13.3. The first-order chi connectivity index (χ1) is 16.8. The van der Waals surface area contributed by atoms with Crippen molar-refractivity contribution in [3.05, 3.63) is 78.1 Å². The van der Waals surface area contributed by atoms with Crippen LogP contribution in [0.1, 0.15) is 30.4 Å². The summed E-state index contributed by atoms with van der Waals surface area (Å²) in [5, 5.41) is 0. The van der Waals surface area contributed by atoms with Gasteiger partial charge in [0.05, 0.1) is 11.3 Å². The van der Waals surface area contributed by atoms with Crippen molar-refractivity contribution < 1.29 is 18.0 Å². The Morgan fingerprint density at radius 1 is 1.00 bits per heavy atom. The number of benzene rings is 2. The molecule has 1 fully saturated rings. The maximum atomic E-state index is 13.4. The van der Waals surface area contributed by atoms with Crippen molar-refractivity contribution in [1.29, 1.82) is 0 Å². The van der Waals surface area contributed by atoms with Gasteiger partial charge in [-0.05, 0) is 43.9 Å². The summed E-state index contributed by atoms with van der Waals surface area (Å²) in [6, 6.07) is 15.5. The van der Waals surface area contributed by atoms with E-state index in [0.29, 0.717) is 0 Å². The smallest absolute Gasteiger partial charge is 0.264 e. The van der Waals surface area contributed by atoms with E-state index in [4.69, 9.17) is 5.73 Å². The minimum absolute atomic E-state index is 0.0497. The van der Waals surface area contributed by atoms with Crippen LogP contribution < -0.4 is 5.73 Å². The van der Waals surface area contributed by atoms with Crippen LogP contribution in [0.25, 0.3) is 0 Å². The highest BCUT2D eigenvalue weighted by Crippen LogP contribution is 2.28. The molecule has 0 aliphatic carbocycles. The molecule has 0 spiro atoms. The number of rotatable bonds is 8. The minimum atomic E-state index is -4.02. The van der Waals surface area contributed by atoms with E-state index in [1.54, 1.807) is 17.0 Å². The molecule has 0 saturated carbocycles. The van der Waals surface area contributed by atoms with Crippen LogP contribution in [0.2, 0.25) is 0 Å². The lowest BCUT2D eigenvalue weighted by atomic mass is 10.0. The number of nitrogens with two attached hydrogens (primary N) is 1. The van der Waals surface area contributed by atoms with E-state index in [0.717, 1.165) is 48.8 Å². The van der Waals surface area contributed by atoms with Gasteiger partial charge in [0.15, 0.2) is 0 Å². The lowest BCUT2D eigenvalue weighted by Gasteiger charge is -2.42. The van der Waals surface area contributed by atoms with Gasteiger partial charge in [0, 0.05) is 38.1 Å². The molecular weight excluding hydrogens is 464 g/mol. The number of piperidine rings is 1. The van der Waals surface area contributed by atoms with Crippen LogP contribution in [0.5, 0.6) is 0 Å². The fourth-order valence-corrected chi connectivity index (χ4v) is 6.14. The lowest BCUT2D eigenvalue weighted by molar-refractivity contribution is -0.138. The number of sulfonamides is 1. The number of carbonyl (C=O) groups is 2. The van der Waals surface area contributed by atoms with Gasteiger partial charge >= 0.3 is 0 Å². The number of carbonyl (C=O) groups excluding carboxylic acids is 2. The number of primary amides is 1. The van der Waals surface area contributed by atoms with Crippen LogP contribution in [-0.4, -0.2) is 66.1 Å². The Kier molecular flexibility index (Phi) is 7.57. The van der Waals surface area contributed by atoms with Gasteiger partial charge in [0.2, 0.25) is 5.91 Å². The van der Waals surface area contributed by atoms with Crippen LogP contribution in [0.15, 0.2) is 71.9 Å². The van der Waals surface area contributed by atoms with Gasteiger partial charge in [-0.25, -0.2) is 8.42 Å². The van der Waals surface area contributed by atoms with Gasteiger partial charge in [0.1, 0.15) is 6.04 Å². The van der Waals surface area contributed by atoms with E-state index in [9.17, 15) is 18.0 Å². The third-order valence-corrected chi connectivity index (χ3v) is 8.52. The average Bonchev–Trinajstić information content (AvgIpc) is 2.85. The molecule has 8 nitrogen and oxygen atoms in total. The highest BCUT2D eigenvalue weighted by Gasteiger charge is 2.41. The molecule has 2 aliphatic heterocycles. The molecule has 2 heterocycles. The molecule has 186 valence electrons. The highest BCUT2D eigenvalue weighted by atomic mass is 32.2. The molecular formula is C26H32N4O4S. The Morgan fingerprint density at radius 2 is 1.66 bits per heavy atom. The van der Waals surface area contributed by atoms with Crippen molar-refractivity contribution in [1.82, 2.24) is 14.1 Å². The second-order valence-electron chi connectivity index (χ2n) is 9.19. The molecule has 1 atom stereocenters. The van der Waals surface area contributed by atoms with Crippen molar-refractivity contribution in [3.63, 3.8) is 0 Å². The van der Waals surface area contributed by atoms with E-state index in [1.807, 2.05) is 25.1 Å². The van der Waals surface area contributed by atoms with Crippen molar-refractivity contribution in [2.45, 2.75) is 49.6 Å². The quantitative estimate of drug-likeness (QED) is 0.604. The Balaban J connectivity index is 1.46. The summed E-state index contributed by atoms with van der Waals surface area (Å²) in [4.78, 5) is 29.3. The SMILES string of the molecule is Cc1ccc(S(=O)(=O)N2C=CN(C3CCN(CCc4ccccc4)CC3)C(=O)[C@H]2CC(N)=O)cc1. The number of likely N-dealkylation sites (tertiary alicyclic amines) is 1. The first-order valence-electron chi connectivity index (χ1n) is 11.9. The third kappa shape index (κ3) is 5.74. The Labute approximate surface area is 207 Å². The maximum absolute atomic E-state index is 13.4. The summed E-state index contributed by atoms with van der Waals surface area (Å²) in [7, 11) is -4.02. The van der Waals surface area contributed by atoms with Gasteiger partial charge in [0.25, 0.3) is 15.9 Å². The standard InChI is InChI=1S/C26H32N4O4S/c1-20-7-9-23(10-8-20)35(33,34)30-18-17-29(26(32)24(30)19-25(27)31)22-12-15-28(16-13-22)14-11-21-5-3-2-4-6-21/h2-10,17-18,22,24H,11-16,19H2,1H3,(H2,27,31)/t24-/m1/s1. The minimum Gasteiger partial charge on any atom is -0.370 e. The molecule has 2 aromatic carbocycles. The summed E-state index contributed by atoms with van der Waals surface area (Å²) in [5.41, 5.74) is 7.63. The summed E-state index contributed by atoms with van der Waals surface area (Å²) in [5.74, 6) is -1.14. The molecule has 4 rings (SSSR count). The Hall–Kier alpha value is -3.17. The van der Waals surface area contributed by atoms with Crippen LogP contribution >= 0.6 is 0 Å². The number of hydrogen-bond acceptors (Lipinski definition) is 5. The predicted molar refractivity (Wildman–Crippen MR) is 133 cm³/mol. The lowest BCUT2D eigenvalue weighted by Crippen LogP contribution is -2.56. The molecule has 0 bridgehead atoms. The molecule has 35 heavy (non-hydrogen) atoms. The molecule has 2 N–H and O–H groups in total. The van der Waals surface area contributed by atoms with E-state index in [1.165, 1.54) is 30.1 Å². The van der Waals surface area contributed by atoms with Gasteiger partial charge < -0.3 is 15.5 Å². The third-order valence-electron chi connectivity index (χ3n) is 6.72. The molecule has 0 radical (unpaired) electrons. The fraction of sp³-hybridized carbons (Fsp3) is 0.385. The molecule has 1 saturated heterocycles. The number of aryl methyl sites for hydroxylation is 1. The largest absolute Gasteiger partial charge is 0.370 e. The summed E-state index contributed by atoms with van der Waals surface area (Å²) < 4.78 is 27.6. The van der Waals surface area contributed by atoms with Crippen molar-refractivity contribution in [2.24, 2.45) is 5.73 Å². The van der Waals surface area contributed by atoms with Crippen LogP contribution in [0, 0.1) is 6.92 Å². The van der Waals surface area contributed by atoms with Crippen LogP contribution in [0.4, 0.5) is 0 Å². The highest BCUT2D eigenvalue weighted by molar-refractivity contribution is 7.89. The second-order valence-corrected chi connectivity index (χ2v) is 11.0. The summed E-state index contributed by atoms with van der Waals surface area (Å²) in [6.07, 6.45) is 5.08. The Bertz CT molecular complexity index is 1170. The molecule has 0 aromatic heterocycles. The summed E-state index contributed by atoms with van der Waals surface area (Å²) >= 11 is 0. The van der Waals surface area contributed by atoms with E-state index >= 15 is 0 Å². The summed E-state index contributed by atoms with van der Waals surface area (Å²) in [6.45, 7) is 4.51. The van der Waals surface area contributed by atoms with Crippen LogP contribution in [0.3, 0.4) is 0 Å². The van der Waals surface area contributed by atoms with E-state index in [2.05, 4.69) is 17.0 Å². The Morgan fingerprint density at radius 3 is 2.29 bits per heavy atom. The van der Waals surface area contributed by atoms with Gasteiger partial charge in [-0.3, -0.25) is 13.9 Å². The van der Waals surface area contributed by atoms with Crippen molar-refractivity contribution >= 4 is 21.8 Å². The van der Waals surface area contributed by atoms with Crippen LogP contribution in [-0.2, 0) is 26.0 Å². The topological polar surface area (TPSA) is 104 Å². The molecule has 9 heteroatoms. The zero-order valence-electron chi connectivity index (χ0n) is 19.9. The molecule has 2 amide bonds. The van der Waals surface area contributed by atoms with Crippen molar-refractivity contribution in [2.75, 3.05) is 19.6 Å². The van der Waals surface area contributed by atoms with E-state index < -0.39 is 27.9 Å². The van der Waals surface area contributed by atoms with Gasteiger partial charge in [-0.2, -0.15) is 0 Å².